The molecule has 0 saturated carbocycles. The second-order valence-electron chi connectivity index (χ2n) is 5.44. The lowest BCUT2D eigenvalue weighted by Gasteiger charge is -2.05. The molecule has 0 atom stereocenters. The molecular formula is C17H20N4O2. The maximum atomic E-state index is 5.70. The molecule has 6 nitrogen and oxygen atoms in total. The Morgan fingerprint density at radius 2 is 2.00 bits per heavy atom. The molecule has 0 fully saturated rings. The van der Waals surface area contributed by atoms with Gasteiger partial charge < -0.3 is 9.15 Å². The van der Waals surface area contributed by atoms with Gasteiger partial charge in [-0.2, -0.15) is 5.10 Å². The number of aromatic nitrogens is 4. The van der Waals surface area contributed by atoms with E-state index < -0.39 is 0 Å². The number of hydrogen-bond donors (Lipinski definition) is 0. The summed E-state index contributed by atoms with van der Waals surface area (Å²) in [5.41, 5.74) is 1.98. The minimum absolute atomic E-state index is 0.471. The molecule has 0 amide bonds. The van der Waals surface area contributed by atoms with Gasteiger partial charge in [-0.05, 0) is 43.2 Å². The standard InChI is InChI=1S/C17H20N4O2/c1-3-4-9-22-15-7-5-14(6-8-15)17-20-19-16(23-17)12-21-11-13(2)10-18-21/h5-8,10-11H,3-4,9,12H2,1-2H3. The first-order valence-corrected chi connectivity index (χ1v) is 7.79. The molecule has 2 aromatic heterocycles. The van der Waals surface area contributed by atoms with Gasteiger partial charge in [0, 0.05) is 11.8 Å². The van der Waals surface area contributed by atoms with Crippen LogP contribution in [0.25, 0.3) is 11.5 Å². The normalized spacial score (nSPS) is 10.9. The molecule has 0 N–H and O–H groups in total. The van der Waals surface area contributed by atoms with Crippen molar-refractivity contribution in [1.29, 1.82) is 0 Å². The van der Waals surface area contributed by atoms with Gasteiger partial charge in [0.2, 0.25) is 11.8 Å². The Kier molecular flexibility index (Phi) is 4.71. The highest BCUT2D eigenvalue weighted by atomic mass is 16.5. The summed E-state index contributed by atoms with van der Waals surface area (Å²) in [4.78, 5) is 0. The first kappa shape index (κ1) is 15.3. The molecule has 0 aliphatic rings. The van der Waals surface area contributed by atoms with Crippen LogP contribution in [0.1, 0.15) is 31.2 Å². The van der Waals surface area contributed by atoms with Crippen molar-refractivity contribution in [1.82, 2.24) is 20.0 Å². The van der Waals surface area contributed by atoms with Crippen LogP contribution >= 0.6 is 0 Å². The Morgan fingerprint density at radius 1 is 1.17 bits per heavy atom. The van der Waals surface area contributed by atoms with Crippen LogP contribution in [0, 0.1) is 6.92 Å². The Balaban J connectivity index is 1.65. The summed E-state index contributed by atoms with van der Waals surface area (Å²) in [6, 6.07) is 7.70. The monoisotopic (exact) mass is 312 g/mol. The summed E-state index contributed by atoms with van der Waals surface area (Å²) in [6.07, 6.45) is 5.92. The van der Waals surface area contributed by atoms with E-state index in [9.17, 15) is 0 Å². The van der Waals surface area contributed by atoms with E-state index in [0.717, 1.165) is 36.3 Å². The second kappa shape index (κ2) is 7.09. The van der Waals surface area contributed by atoms with Crippen molar-refractivity contribution in [2.45, 2.75) is 33.2 Å². The van der Waals surface area contributed by atoms with Crippen molar-refractivity contribution in [2.24, 2.45) is 0 Å². The third-order valence-corrected chi connectivity index (χ3v) is 3.39. The van der Waals surface area contributed by atoms with Gasteiger partial charge in [0.25, 0.3) is 0 Å². The third-order valence-electron chi connectivity index (χ3n) is 3.39. The largest absolute Gasteiger partial charge is 0.494 e. The van der Waals surface area contributed by atoms with E-state index in [4.69, 9.17) is 9.15 Å². The van der Waals surface area contributed by atoms with Gasteiger partial charge in [0.05, 0.1) is 12.8 Å². The zero-order valence-corrected chi connectivity index (χ0v) is 13.4. The number of benzene rings is 1. The van der Waals surface area contributed by atoms with Crippen LogP contribution < -0.4 is 4.74 Å². The molecule has 0 aliphatic heterocycles. The van der Waals surface area contributed by atoms with E-state index in [1.165, 1.54) is 0 Å². The number of aryl methyl sites for hydroxylation is 1. The predicted molar refractivity (Wildman–Crippen MR) is 86.2 cm³/mol. The Labute approximate surface area is 135 Å². The Bertz CT molecular complexity index is 746. The molecule has 23 heavy (non-hydrogen) atoms. The number of unbranched alkanes of at least 4 members (excludes halogenated alkanes) is 1. The molecule has 0 radical (unpaired) electrons. The van der Waals surface area contributed by atoms with Crippen molar-refractivity contribution in [2.75, 3.05) is 6.61 Å². The van der Waals surface area contributed by atoms with E-state index in [2.05, 4.69) is 22.2 Å². The Hall–Kier alpha value is -2.63. The van der Waals surface area contributed by atoms with E-state index >= 15 is 0 Å². The summed E-state index contributed by atoms with van der Waals surface area (Å²) >= 11 is 0. The highest BCUT2D eigenvalue weighted by Gasteiger charge is 2.09. The van der Waals surface area contributed by atoms with Gasteiger partial charge in [-0.1, -0.05) is 13.3 Å². The number of ether oxygens (including phenoxy) is 1. The molecule has 3 rings (SSSR count). The van der Waals surface area contributed by atoms with E-state index in [1.807, 2.05) is 37.4 Å². The maximum absolute atomic E-state index is 5.70. The van der Waals surface area contributed by atoms with E-state index in [0.29, 0.717) is 18.3 Å². The lowest BCUT2D eigenvalue weighted by atomic mass is 10.2. The molecule has 120 valence electrons. The topological polar surface area (TPSA) is 66.0 Å². The minimum atomic E-state index is 0.471. The van der Waals surface area contributed by atoms with Gasteiger partial charge in [-0.25, -0.2) is 0 Å². The number of hydrogen-bond acceptors (Lipinski definition) is 5. The zero-order valence-electron chi connectivity index (χ0n) is 13.4. The minimum Gasteiger partial charge on any atom is -0.494 e. The molecule has 0 spiro atoms. The summed E-state index contributed by atoms with van der Waals surface area (Å²) < 4.78 is 13.1. The maximum Gasteiger partial charge on any atom is 0.247 e. The molecule has 0 saturated heterocycles. The van der Waals surface area contributed by atoms with Crippen LogP contribution in [0.5, 0.6) is 5.75 Å². The molecule has 0 aliphatic carbocycles. The quantitative estimate of drug-likeness (QED) is 0.625. The lowest BCUT2D eigenvalue weighted by molar-refractivity contribution is 0.309. The van der Waals surface area contributed by atoms with Gasteiger partial charge in [0.1, 0.15) is 12.3 Å². The fourth-order valence-electron chi connectivity index (χ4n) is 2.15. The molecule has 2 heterocycles. The van der Waals surface area contributed by atoms with Crippen LogP contribution in [0.3, 0.4) is 0 Å². The van der Waals surface area contributed by atoms with Crippen LogP contribution in [0.2, 0.25) is 0 Å². The number of nitrogens with zero attached hydrogens (tertiary/aromatic N) is 4. The van der Waals surface area contributed by atoms with Gasteiger partial charge in [-0.3, -0.25) is 4.68 Å². The average Bonchev–Trinajstić information content (AvgIpc) is 3.18. The Morgan fingerprint density at radius 3 is 2.70 bits per heavy atom. The van der Waals surface area contributed by atoms with E-state index in [-0.39, 0.29) is 0 Å². The summed E-state index contributed by atoms with van der Waals surface area (Å²) in [7, 11) is 0. The van der Waals surface area contributed by atoms with E-state index in [1.54, 1.807) is 10.9 Å². The third kappa shape index (κ3) is 3.97. The van der Waals surface area contributed by atoms with Crippen molar-refractivity contribution in [3.8, 4) is 17.2 Å². The van der Waals surface area contributed by atoms with Crippen molar-refractivity contribution in [3.05, 3.63) is 48.1 Å². The zero-order chi connectivity index (χ0) is 16.1. The van der Waals surface area contributed by atoms with Gasteiger partial charge in [0.15, 0.2) is 0 Å². The summed E-state index contributed by atoms with van der Waals surface area (Å²) in [6.45, 7) is 5.35. The molecule has 0 bridgehead atoms. The highest BCUT2D eigenvalue weighted by Crippen LogP contribution is 2.21. The fraction of sp³-hybridized carbons (Fsp3) is 0.353. The first-order valence-electron chi connectivity index (χ1n) is 7.79. The lowest BCUT2D eigenvalue weighted by Crippen LogP contribution is -1.99. The molecular weight excluding hydrogens is 292 g/mol. The van der Waals surface area contributed by atoms with Gasteiger partial charge >= 0.3 is 0 Å². The van der Waals surface area contributed by atoms with Crippen LogP contribution in [-0.2, 0) is 6.54 Å². The predicted octanol–water partition coefficient (Wildman–Crippen LogP) is 3.47. The van der Waals surface area contributed by atoms with Crippen molar-refractivity contribution in [3.63, 3.8) is 0 Å². The second-order valence-corrected chi connectivity index (χ2v) is 5.44. The first-order chi connectivity index (χ1) is 11.2. The fourth-order valence-corrected chi connectivity index (χ4v) is 2.15. The highest BCUT2D eigenvalue weighted by molar-refractivity contribution is 5.53. The van der Waals surface area contributed by atoms with Crippen LogP contribution in [0.4, 0.5) is 0 Å². The summed E-state index contributed by atoms with van der Waals surface area (Å²) in [5, 5.41) is 12.4. The van der Waals surface area contributed by atoms with Crippen molar-refractivity contribution >= 4 is 0 Å². The van der Waals surface area contributed by atoms with Crippen molar-refractivity contribution < 1.29 is 9.15 Å². The molecule has 0 unspecified atom stereocenters. The van der Waals surface area contributed by atoms with Crippen LogP contribution in [0.15, 0.2) is 41.1 Å². The van der Waals surface area contributed by atoms with Gasteiger partial charge in [-0.15, -0.1) is 10.2 Å². The molecule has 3 aromatic rings. The average molecular weight is 312 g/mol. The SMILES string of the molecule is CCCCOc1ccc(-c2nnc(Cn3cc(C)cn3)o2)cc1. The smallest absolute Gasteiger partial charge is 0.247 e. The molecule has 1 aromatic carbocycles. The number of rotatable bonds is 7. The molecule has 6 heteroatoms. The van der Waals surface area contributed by atoms with Crippen LogP contribution in [-0.4, -0.2) is 26.6 Å². The summed E-state index contributed by atoms with van der Waals surface area (Å²) in [5.74, 6) is 1.89.